The van der Waals surface area contributed by atoms with E-state index in [0.717, 1.165) is 5.39 Å². The van der Waals surface area contributed by atoms with Gasteiger partial charge in [-0.15, -0.1) is 0 Å². The average molecular weight is 276 g/mol. The molecule has 0 fully saturated rings. The van der Waals surface area contributed by atoms with E-state index >= 15 is 0 Å². The van der Waals surface area contributed by atoms with Crippen LogP contribution < -0.4 is 5.32 Å². The average Bonchev–Trinajstić information content (AvgIpc) is 2.80. The first-order chi connectivity index (χ1) is 9.56. The number of para-hydroxylation sites is 1. The molecule has 0 spiro atoms. The fourth-order valence-corrected chi connectivity index (χ4v) is 1.96. The van der Waals surface area contributed by atoms with Crippen LogP contribution in [0.3, 0.4) is 0 Å². The van der Waals surface area contributed by atoms with Crippen LogP contribution in [0.15, 0.2) is 28.8 Å². The summed E-state index contributed by atoms with van der Waals surface area (Å²) in [5.74, 6) is -1.06. The number of fused-ring (bicyclic) bond motifs is 1. The van der Waals surface area contributed by atoms with E-state index in [-0.39, 0.29) is 24.8 Å². The van der Waals surface area contributed by atoms with Crippen molar-refractivity contribution in [2.45, 2.75) is 32.2 Å². The van der Waals surface area contributed by atoms with Crippen LogP contribution in [0.5, 0.6) is 0 Å². The Kier molecular flexibility index (Phi) is 4.34. The Morgan fingerprint density at radius 1 is 1.40 bits per heavy atom. The Morgan fingerprint density at radius 3 is 2.90 bits per heavy atom. The van der Waals surface area contributed by atoms with Gasteiger partial charge in [-0.25, -0.2) is 0 Å². The summed E-state index contributed by atoms with van der Waals surface area (Å²) in [4.78, 5) is 22.3. The van der Waals surface area contributed by atoms with Crippen LogP contribution in [0.25, 0.3) is 11.0 Å². The second-order valence-electron chi connectivity index (χ2n) is 4.70. The van der Waals surface area contributed by atoms with Crippen molar-refractivity contribution >= 4 is 22.8 Å². The first-order valence-corrected chi connectivity index (χ1v) is 6.40. The number of carbonyl (C=O) groups excluding carboxylic acids is 1. The summed E-state index contributed by atoms with van der Waals surface area (Å²) in [6.45, 7) is 1.78. The van der Waals surface area contributed by atoms with Crippen molar-refractivity contribution < 1.29 is 19.2 Å². The third-order valence-electron chi connectivity index (χ3n) is 2.98. The van der Waals surface area contributed by atoms with E-state index in [9.17, 15) is 9.59 Å². The van der Waals surface area contributed by atoms with E-state index in [1.807, 2.05) is 18.2 Å². The lowest BCUT2D eigenvalue weighted by Crippen LogP contribution is -2.34. The SMILES string of the molecule is CC(CCC(=O)O)NC(=O)Cc1noc2ccccc12. The molecule has 106 valence electrons. The van der Waals surface area contributed by atoms with Crippen LogP contribution >= 0.6 is 0 Å². The zero-order valence-corrected chi connectivity index (χ0v) is 11.1. The Hall–Kier alpha value is -2.37. The van der Waals surface area contributed by atoms with Crippen LogP contribution in [0.2, 0.25) is 0 Å². The molecular formula is C14H16N2O4. The third kappa shape index (κ3) is 3.57. The third-order valence-corrected chi connectivity index (χ3v) is 2.98. The van der Waals surface area contributed by atoms with Gasteiger partial charge in [-0.2, -0.15) is 0 Å². The summed E-state index contributed by atoms with van der Waals surface area (Å²) in [7, 11) is 0. The van der Waals surface area contributed by atoms with Gasteiger partial charge in [0, 0.05) is 17.8 Å². The van der Waals surface area contributed by atoms with Gasteiger partial charge in [0.15, 0.2) is 5.58 Å². The molecule has 2 N–H and O–H groups in total. The van der Waals surface area contributed by atoms with E-state index in [2.05, 4.69) is 10.5 Å². The standard InChI is InChI=1S/C14H16N2O4/c1-9(6-7-14(18)19)15-13(17)8-11-10-4-2-3-5-12(10)20-16-11/h2-5,9H,6-8H2,1H3,(H,15,17)(H,18,19). The first-order valence-electron chi connectivity index (χ1n) is 6.40. The summed E-state index contributed by atoms with van der Waals surface area (Å²) in [5, 5.41) is 16.0. The monoisotopic (exact) mass is 276 g/mol. The predicted octanol–water partition coefficient (Wildman–Crippen LogP) is 1.74. The molecule has 0 aliphatic heterocycles. The normalized spacial score (nSPS) is 12.2. The van der Waals surface area contributed by atoms with Crippen LogP contribution in [0.4, 0.5) is 0 Å². The number of aliphatic carboxylic acids is 1. The highest BCUT2D eigenvalue weighted by molar-refractivity contribution is 5.86. The number of aromatic nitrogens is 1. The Bertz CT molecular complexity index is 620. The molecule has 0 aliphatic carbocycles. The van der Waals surface area contributed by atoms with Gasteiger partial charge >= 0.3 is 5.97 Å². The van der Waals surface area contributed by atoms with Crippen molar-refractivity contribution in [2.24, 2.45) is 0 Å². The molecule has 1 atom stereocenters. The van der Waals surface area contributed by atoms with Gasteiger partial charge in [0.1, 0.15) is 5.69 Å². The molecule has 0 aliphatic rings. The summed E-state index contributed by atoms with van der Waals surface area (Å²) < 4.78 is 5.13. The number of carbonyl (C=O) groups is 2. The maximum absolute atomic E-state index is 11.9. The minimum atomic E-state index is -0.867. The zero-order chi connectivity index (χ0) is 14.5. The van der Waals surface area contributed by atoms with Crippen molar-refractivity contribution in [3.63, 3.8) is 0 Å². The number of benzene rings is 1. The van der Waals surface area contributed by atoms with E-state index in [4.69, 9.17) is 9.63 Å². The molecule has 6 nitrogen and oxygen atoms in total. The van der Waals surface area contributed by atoms with Crippen molar-refractivity contribution in [2.75, 3.05) is 0 Å². The van der Waals surface area contributed by atoms with Gasteiger partial charge in [-0.3, -0.25) is 9.59 Å². The highest BCUT2D eigenvalue weighted by Gasteiger charge is 2.14. The molecule has 0 bridgehead atoms. The number of nitrogens with zero attached hydrogens (tertiary/aromatic N) is 1. The lowest BCUT2D eigenvalue weighted by atomic mass is 10.1. The summed E-state index contributed by atoms with van der Waals surface area (Å²) in [5.41, 5.74) is 1.23. The molecule has 1 unspecified atom stereocenters. The Morgan fingerprint density at radius 2 is 2.15 bits per heavy atom. The lowest BCUT2D eigenvalue weighted by molar-refractivity contribution is -0.137. The fourth-order valence-electron chi connectivity index (χ4n) is 1.96. The number of carboxylic acid groups (broad SMARTS) is 1. The molecule has 20 heavy (non-hydrogen) atoms. The number of nitrogens with one attached hydrogen (secondary N) is 1. The van der Waals surface area contributed by atoms with Gasteiger partial charge in [0.2, 0.25) is 5.91 Å². The molecular weight excluding hydrogens is 260 g/mol. The summed E-state index contributed by atoms with van der Waals surface area (Å²) >= 11 is 0. The molecule has 2 aromatic rings. The number of hydrogen-bond acceptors (Lipinski definition) is 4. The second-order valence-corrected chi connectivity index (χ2v) is 4.70. The molecule has 2 rings (SSSR count). The highest BCUT2D eigenvalue weighted by Crippen LogP contribution is 2.18. The molecule has 0 saturated heterocycles. The van der Waals surface area contributed by atoms with Gasteiger partial charge in [-0.05, 0) is 25.5 Å². The smallest absolute Gasteiger partial charge is 0.303 e. The largest absolute Gasteiger partial charge is 0.481 e. The van der Waals surface area contributed by atoms with E-state index in [1.54, 1.807) is 13.0 Å². The van der Waals surface area contributed by atoms with Crippen molar-refractivity contribution in [3.8, 4) is 0 Å². The van der Waals surface area contributed by atoms with Crippen molar-refractivity contribution in [1.82, 2.24) is 10.5 Å². The number of carboxylic acids is 1. The molecule has 1 heterocycles. The molecule has 0 radical (unpaired) electrons. The molecule has 1 aromatic heterocycles. The summed E-state index contributed by atoms with van der Waals surface area (Å²) in [6.07, 6.45) is 0.559. The minimum Gasteiger partial charge on any atom is -0.481 e. The predicted molar refractivity (Wildman–Crippen MR) is 72.2 cm³/mol. The number of amides is 1. The van der Waals surface area contributed by atoms with Gasteiger partial charge in [-0.1, -0.05) is 17.3 Å². The van der Waals surface area contributed by atoms with E-state index in [1.165, 1.54) is 0 Å². The number of hydrogen-bond donors (Lipinski definition) is 2. The Balaban J connectivity index is 1.93. The van der Waals surface area contributed by atoms with Crippen molar-refractivity contribution in [1.29, 1.82) is 0 Å². The Labute approximate surface area is 115 Å². The van der Waals surface area contributed by atoms with Gasteiger partial charge in [0.25, 0.3) is 0 Å². The first kappa shape index (κ1) is 14.0. The highest BCUT2D eigenvalue weighted by atomic mass is 16.5. The van der Waals surface area contributed by atoms with Gasteiger partial charge < -0.3 is 14.9 Å². The van der Waals surface area contributed by atoms with Crippen LogP contribution in [-0.2, 0) is 16.0 Å². The fraction of sp³-hybridized carbons (Fsp3) is 0.357. The van der Waals surface area contributed by atoms with Crippen LogP contribution in [-0.4, -0.2) is 28.2 Å². The van der Waals surface area contributed by atoms with Crippen LogP contribution in [0, 0.1) is 0 Å². The van der Waals surface area contributed by atoms with E-state index < -0.39 is 5.97 Å². The lowest BCUT2D eigenvalue weighted by Gasteiger charge is -2.11. The summed E-state index contributed by atoms with van der Waals surface area (Å²) in [6, 6.07) is 7.15. The van der Waals surface area contributed by atoms with E-state index in [0.29, 0.717) is 17.7 Å². The zero-order valence-electron chi connectivity index (χ0n) is 11.1. The molecule has 6 heteroatoms. The minimum absolute atomic E-state index is 0.0360. The topological polar surface area (TPSA) is 92.4 Å². The maximum Gasteiger partial charge on any atom is 0.303 e. The van der Waals surface area contributed by atoms with Crippen LogP contribution in [0.1, 0.15) is 25.5 Å². The number of rotatable bonds is 6. The maximum atomic E-state index is 11.9. The molecule has 1 aromatic carbocycles. The molecule has 1 amide bonds. The quantitative estimate of drug-likeness (QED) is 0.838. The molecule has 0 saturated carbocycles. The second kappa shape index (κ2) is 6.18. The van der Waals surface area contributed by atoms with Crippen molar-refractivity contribution in [3.05, 3.63) is 30.0 Å². The van der Waals surface area contributed by atoms with Gasteiger partial charge in [0.05, 0.1) is 6.42 Å².